The second-order valence-electron chi connectivity index (χ2n) is 4.45. The third kappa shape index (κ3) is 3.24. The first-order valence-corrected chi connectivity index (χ1v) is 8.52. The van der Waals surface area contributed by atoms with Crippen molar-refractivity contribution in [1.82, 2.24) is 5.32 Å². The van der Waals surface area contributed by atoms with E-state index in [0.717, 1.165) is 16.7 Å². The summed E-state index contributed by atoms with van der Waals surface area (Å²) in [5.74, 6) is 0.495. The minimum absolute atomic E-state index is 0.248. The van der Waals surface area contributed by atoms with E-state index in [1.54, 1.807) is 0 Å². The highest BCUT2D eigenvalue weighted by Crippen LogP contribution is 2.28. The van der Waals surface area contributed by atoms with Crippen LogP contribution in [-0.2, 0) is 16.4 Å². The average molecular weight is 333 g/mol. The lowest BCUT2D eigenvalue weighted by Crippen LogP contribution is -2.40. The van der Waals surface area contributed by atoms with Crippen LogP contribution in [0.4, 0.5) is 5.69 Å². The van der Waals surface area contributed by atoms with Gasteiger partial charge in [-0.3, -0.25) is 0 Å². The van der Waals surface area contributed by atoms with Crippen molar-refractivity contribution in [2.24, 2.45) is 0 Å². The molecule has 1 fully saturated rings. The molecule has 0 saturated carbocycles. The summed E-state index contributed by atoms with van der Waals surface area (Å²) < 4.78 is 23.8. The van der Waals surface area contributed by atoms with E-state index in [-0.39, 0.29) is 11.5 Å². The molecule has 0 radical (unpaired) electrons. The fraction of sp³-hybridized carbons (Fsp3) is 0.500. The van der Waals surface area contributed by atoms with E-state index in [9.17, 15) is 8.42 Å². The lowest BCUT2D eigenvalue weighted by atomic mass is 10.2. The molecule has 1 aromatic rings. The number of hydrogen-bond acceptors (Lipinski definition) is 4. The number of sulfone groups is 1. The molecule has 6 heteroatoms. The molecule has 4 nitrogen and oxygen atoms in total. The summed E-state index contributed by atoms with van der Waals surface area (Å²) in [4.78, 5) is 2.12. The van der Waals surface area contributed by atoms with Crippen molar-refractivity contribution >= 4 is 31.5 Å². The molecule has 1 saturated heterocycles. The van der Waals surface area contributed by atoms with Gasteiger partial charge in [0.15, 0.2) is 9.84 Å². The topological polar surface area (TPSA) is 49.4 Å². The van der Waals surface area contributed by atoms with Gasteiger partial charge in [0.05, 0.1) is 17.2 Å². The standard InChI is InChI=1S/C12H17BrN2O2S/c1-14-9-10-2-3-12(11(13)8-10)15-4-6-18(16,17)7-5-15/h2-3,8,14H,4-7,9H2,1H3. The van der Waals surface area contributed by atoms with Crippen LogP contribution in [0.3, 0.4) is 0 Å². The maximum Gasteiger partial charge on any atom is 0.153 e. The van der Waals surface area contributed by atoms with E-state index in [1.165, 1.54) is 5.56 Å². The van der Waals surface area contributed by atoms with Gasteiger partial charge in [0.2, 0.25) is 0 Å². The quantitative estimate of drug-likeness (QED) is 0.909. The van der Waals surface area contributed by atoms with E-state index in [1.807, 2.05) is 7.05 Å². The summed E-state index contributed by atoms with van der Waals surface area (Å²) in [7, 11) is -0.906. The second-order valence-corrected chi connectivity index (χ2v) is 7.61. The van der Waals surface area contributed by atoms with Crippen LogP contribution in [0.1, 0.15) is 5.56 Å². The molecule has 0 atom stereocenters. The number of hydrogen-bond donors (Lipinski definition) is 1. The van der Waals surface area contributed by atoms with Crippen LogP contribution in [0.2, 0.25) is 0 Å². The van der Waals surface area contributed by atoms with Crippen molar-refractivity contribution < 1.29 is 8.42 Å². The Morgan fingerprint density at radius 2 is 2.00 bits per heavy atom. The summed E-state index contributed by atoms with van der Waals surface area (Å²) >= 11 is 3.56. The number of rotatable bonds is 3. The number of nitrogens with one attached hydrogen (secondary N) is 1. The van der Waals surface area contributed by atoms with E-state index in [0.29, 0.717) is 13.1 Å². The van der Waals surface area contributed by atoms with Gasteiger partial charge in [0.25, 0.3) is 0 Å². The van der Waals surface area contributed by atoms with E-state index >= 15 is 0 Å². The van der Waals surface area contributed by atoms with E-state index in [2.05, 4.69) is 44.3 Å². The first-order valence-electron chi connectivity index (χ1n) is 5.90. The predicted octanol–water partition coefficient (Wildman–Crippen LogP) is 1.40. The Labute approximate surface area is 116 Å². The summed E-state index contributed by atoms with van der Waals surface area (Å²) in [5.41, 5.74) is 2.28. The molecule has 0 spiro atoms. The van der Waals surface area contributed by atoms with Crippen LogP contribution in [0, 0.1) is 0 Å². The Hall–Kier alpha value is -0.590. The predicted molar refractivity (Wildman–Crippen MR) is 77.8 cm³/mol. The molecule has 1 aromatic carbocycles. The first-order chi connectivity index (χ1) is 8.52. The van der Waals surface area contributed by atoms with E-state index in [4.69, 9.17) is 0 Å². The van der Waals surface area contributed by atoms with Crippen LogP contribution in [0.5, 0.6) is 0 Å². The number of anilines is 1. The van der Waals surface area contributed by atoms with Gasteiger partial charge in [-0.25, -0.2) is 8.42 Å². The van der Waals surface area contributed by atoms with Crippen LogP contribution in [0.15, 0.2) is 22.7 Å². The van der Waals surface area contributed by atoms with Gasteiger partial charge in [-0.2, -0.15) is 0 Å². The van der Waals surface area contributed by atoms with E-state index < -0.39 is 9.84 Å². The van der Waals surface area contributed by atoms with Gasteiger partial charge >= 0.3 is 0 Å². The van der Waals surface area contributed by atoms with Gasteiger partial charge in [-0.05, 0) is 40.7 Å². The fourth-order valence-electron chi connectivity index (χ4n) is 2.07. The van der Waals surface area contributed by atoms with Gasteiger partial charge in [0, 0.05) is 24.1 Å². The van der Waals surface area contributed by atoms with Gasteiger partial charge in [-0.1, -0.05) is 6.07 Å². The normalized spacial score (nSPS) is 18.9. The Morgan fingerprint density at radius 3 is 2.56 bits per heavy atom. The number of benzene rings is 1. The smallest absolute Gasteiger partial charge is 0.153 e. The largest absolute Gasteiger partial charge is 0.369 e. The molecule has 2 rings (SSSR count). The molecule has 1 heterocycles. The van der Waals surface area contributed by atoms with Crippen molar-refractivity contribution in [2.45, 2.75) is 6.54 Å². The molecular formula is C12H17BrN2O2S. The fourth-order valence-corrected chi connectivity index (χ4v) is 3.95. The average Bonchev–Trinajstić information content (AvgIpc) is 2.31. The molecule has 0 aromatic heterocycles. The maximum absolute atomic E-state index is 11.4. The molecule has 18 heavy (non-hydrogen) atoms. The Balaban J connectivity index is 2.14. The van der Waals surface area contributed by atoms with Crippen LogP contribution < -0.4 is 10.2 Å². The second kappa shape index (κ2) is 5.59. The van der Waals surface area contributed by atoms with Crippen molar-refractivity contribution in [3.05, 3.63) is 28.2 Å². The zero-order chi connectivity index (χ0) is 13.2. The molecule has 1 aliphatic rings. The van der Waals surface area contributed by atoms with Crippen LogP contribution >= 0.6 is 15.9 Å². The first kappa shape index (κ1) is 13.8. The minimum Gasteiger partial charge on any atom is -0.369 e. The number of nitrogens with zero attached hydrogens (tertiary/aromatic N) is 1. The van der Waals surface area contributed by atoms with Crippen LogP contribution in [0.25, 0.3) is 0 Å². The summed E-state index contributed by atoms with van der Waals surface area (Å²) in [5, 5.41) is 3.11. The Bertz CT molecular complexity index is 517. The third-order valence-electron chi connectivity index (χ3n) is 3.08. The molecule has 0 amide bonds. The summed E-state index contributed by atoms with van der Waals surface area (Å²) in [6.07, 6.45) is 0. The Kier molecular flexibility index (Phi) is 4.29. The zero-order valence-electron chi connectivity index (χ0n) is 10.3. The highest BCUT2D eigenvalue weighted by molar-refractivity contribution is 9.10. The molecule has 100 valence electrons. The molecule has 0 bridgehead atoms. The lowest BCUT2D eigenvalue weighted by Gasteiger charge is -2.29. The molecule has 1 aliphatic heterocycles. The molecule has 0 unspecified atom stereocenters. The highest BCUT2D eigenvalue weighted by atomic mass is 79.9. The van der Waals surface area contributed by atoms with Crippen molar-refractivity contribution in [2.75, 3.05) is 36.5 Å². The maximum atomic E-state index is 11.4. The zero-order valence-corrected chi connectivity index (χ0v) is 12.7. The van der Waals surface area contributed by atoms with Crippen molar-refractivity contribution in [1.29, 1.82) is 0 Å². The van der Waals surface area contributed by atoms with Crippen LogP contribution in [-0.4, -0.2) is 40.1 Å². The van der Waals surface area contributed by atoms with Gasteiger partial charge < -0.3 is 10.2 Å². The van der Waals surface area contributed by atoms with Crippen molar-refractivity contribution in [3.8, 4) is 0 Å². The summed E-state index contributed by atoms with van der Waals surface area (Å²) in [6, 6.07) is 6.20. The molecular weight excluding hydrogens is 316 g/mol. The lowest BCUT2D eigenvalue weighted by molar-refractivity contribution is 0.586. The SMILES string of the molecule is CNCc1ccc(N2CCS(=O)(=O)CC2)c(Br)c1. The minimum atomic E-state index is -2.82. The highest BCUT2D eigenvalue weighted by Gasteiger charge is 2.22. The Morgan fingerprint density at radius 1 is 1.33 bits per heavy atom. The molecule has 0 aliphatic carbocycles. The van der Waals surface area contributed by atoms with Gasteiger partial charge in [-0.15, -0.1) is 0 Å². The monoisotopic (exact) mass is 332 g/mol. The van der Waals surface area contributed by atoms with Crippen molar-refractivity contribution in [3.63, 3.8) is 0 Å². The third-order valence-corrected chi connectivity index (χ3v) is 5.32. The number of halogens is 1. The van der Waals surface area contributed by atoms with Gasteiger partial charge in [0.1, 0.15) is 0 Å². The summed E-state index contributed by atoms with van der Waals surface area (Å²) in [6.45, 7) is 1.98. The molecule has 1 N–H and O–H groups in total.